The number of thiocarbonyl (C=S) groups is 1. The molecule has 1 aromatic carbocycles. The second-order valence-electron chi connectivity index (χ2n) is 5.90. The summed E-state index contributed by atoms with van der Waals surface area (Å²) in [6.45, 7) is 7.56. The fraction of sp³-hybridized carbons (Fsp3) is 0.471. The summed E-state index contributed by atoms with van der Waals surface area (Å²) >= 11 is 6.14. The number of benzene rings is 1. The Balaban J connectivity index is 2.92. The average Bonchev–Trinajstić information content (AvgIpc) is 2.51. The zero-order valence-electron chi connectivity index (χ0n) is 14.5. The van der Waals surface area contributed by atoms with Crippen LogP contribution in [0.15, 0.2) is 18.2 Å². The summed E-state index contributed by atoms with van der Waals surface area (Å²) in [7, 11) is 1.48. The number of carbonyl (C=O) groups is 2. The van der Waals surface area contributed by atoms with E-state index in [1.54, 1.807) is 32.9 Å². The fourth-order valence-electron chi connectivity index (χ4n) is 1.59. The van der Waals surface area contributed by atoms with E-state index in [2.05, 4.69) is 0 Å². The second kappa shape index (κ2) is 9.03. The summed E-state index contributed by atoms with van der Waals surface area (Å²) in [5.74, 6) is 0.270. The molecule has 0 saturated heterocycles. The van der Waals surface area contributed by atoms with E-state index in [1.165, 1.54) is 13.2 Å². The van der Waals surface area contributed by atoms with Crippen molar-refractivity contribution in [2.45, 2.75) is 27.7 Å². The highest BCUT2D eigenvalue weighted by molar-refractivity contribution is 8.23. The Kier molecular flexibility index (Phi) is 7.69. The summed E-state index contributed by atoms with van der Waals surface area (Å²) in [5.41, 5.74) is -0.299. The largest absolute Gasteiger partial charge is 0.496 e. The second-order valence-corrected chi connectivity index (χ2v) is 7.47. The Bertz CT molecular complexity index is 620. The van der Waals surface area contributed by atoms with Crippen LogP contribution < -0.4 is 9.47 Å². The van der Waals surface area contributed by atoms with E-state index in [0.717, 1.165) is 11.8 Å². The highest BCUT2D eigenvalue weighted by Gasteiger charge is 2.24. The summed E-state index contributed by atoms with van der Waals surface area (Å²) < 4.78 is 16.0. The van der Waals surface area contributed by atoms with Crippen LogP contribution in [0.1, 0.15) is 38.1 Å². The molecule has 0 heterocycles. The number of methoxy groups -OCH3 is 1. The van der Waals surface area contributed by atoms with Crippen molar-refractivity contribution in [3.63, 3.8) is 0 Å². The molecule has 7 heteroatoms. The lowest BCUT2D eigenvalue weighted by Gasteiger charge is -2.17. The van der Waals surface area contributed by atoms with Gasteiger partial charge in [-0.15, -0.1) is 0 Å². The van der Waals surface area contributed by atoms with E-state index in [0.29, 0.717) is 28.1 Å². The smallest absolute Gasteiger partial charge is 0.316 e. The molecule has 0 bridgehead atoms. The van der Waals surface area contributed by atoms with E-state index >= 15 is 0 Å². The molecule has 0 aliphatic carbocycles. The molecule has 0 aliphatic rings. The summed E-state index contributed by atoms with van der Waals surface area (Å²) in [5, 5.41) is 0. The van der Waals surface area contributed by atoms with Crippen LogP contribution in [-0.4, -0.2) is 35.6 Å². The van der Waals surface area contributed by atoms with Gasteiger partial charge in [-0.05, 0) is 58.1 Å². The molecule has 132 valence electrons. The van der Waals surface area contributed by atoms with E-state index in [4.69, 9.17) is 26.4 Å². The van der Waals surface area contributed by atoms with E-state index in [-0.39, 0.29) is 17.5 Å². The molecule has 0 amide bonds. The number of rotatable bonds is 6. The van der Waals surface area contributed by atoms with E-state index in [9.17, 15) is 9.59 Å². The summed E-state index contributed by atoms with van der Waals surface area (Å²) in [6.07, 6.45) is 0. The SMILES string of the molecule is CCOC(=S)SCC(=O)c1cc(OC(=O)C(C)(C)C)ccc1OC. The Morgan fingerprint density at radius 2 is 1.92 bits per heavy atom. The highest BCUT2D eigenvalue weighted by atomic mass is 32.2. The summed E-state index contributed by atoms with van der Waals surface area (Å²) in [6, 6.07) is 4.70. The molecule has 0 unspecified atom stereocenters. The molecule has 0 radical (unpaired) electrons. The number of thioether (sulfide) groups is 1. The predicted molar refractivity (Wildman–Crippen MR) is 99.1 cm³/mol. The monoisotopic (exact) mass is 370 g/mol. The van der Waals surface area contributed by atoms with Crippen molar-refractivity contribution < 1.29 is 23.8 Å². The quantitative estimate of drug-likeness (QED) is 0.326. The van der Waals surface area contributed by atoms with Gasteiger partial charge >= 0.3 is 5.97 Å². The minimum Gasteiger partial charge on any atom is -0.496 e. The Morgan fingerprint density at radius 1 is 1.25 bits per heavy atom. The highest BCUT2D eigenvalue weighted by Crippen LogP contribution is 2.27. The molecule has 1 aromatic rings. The third-order valence-corrected chi connectivity index (χ3v) is 4.11. The number of carbonyl (C=O) groups excluding carboxylic acids is 2. The minimum atomic E-state index is -0.635. The van der Waals surface area contributed by atoms with Gasteiger partial charge in [0.15, 0.2) is 5.78 Å². The first kappa shape index (κ1) is 20.4. The van der Waals surface area contributed by atoms with Crippen LogP contribution in [0.3, 0.4) is 0 Å². The van der Waals surface area contributed by atoms with Crippen molar-refractivity contribution in [2.75, 3.05) is 19.5 Å². The third kappa shape index (κ3) is 6.13. The third-order valence-electron chi connectivity index (χ3n) is 2.88. The van der Waals surface area contributed by atoms with E-state index in [1.807, 2.05) is 6.92 Å². The zero-order chi connectivity index (χ0) is 18.3. The standard InChI is InChI=1S/C17H22O5S2/c1-6-21-16(23)24-10-13(18)12-9-11(7-8-14(12)20-5)22-15(19)17(2,3)4/h7-9H,6,10H2,1-5H3. The topological polar surface area (TPSA) is 61.8 Å². The lowest BCUT2D eigenvalue weighted by Crippen LogP contribution is -2.25. The van der Waals surface area contributed by atoms with Crippen molar-refractivity contribution in [3.05, 3.63) is 23.8 Å². The molecular formula is C17H22O5S2. The van der Waals surface area contributed by atoms with Crippen molar-refractivity contribution >= 4 is 40.1 Å². The van der Waals surface area contributed by atoms with Crippen molar-refractivity contribution in [1.29, 1.82) is 0 Å². The summed E-state index contributed by atoms with van der Waals surface area (Å²) in [4.78, 5) is 24.4. The molecule has 0 fully saturated rings. The van der Waals surface area contributed by atoms with Gasteiger partial charge in [-0.25, -0.2) is 0 Å². The molecule has 5 nitrogen and oxygen atoms in total. The van der Waals surface area contributed by atoms with Crippen LogP contribution in [0.2, 0.25) is 0 Å². The normalized spacial score (nSPS) is 10.9. The van der Waals surface area contributed by atoms with Gasteiger partial charge in [-0.3, -0.25) is 9.59 Å². The molecule has 0 saturated carbocycles. The molecule has 24 heavy (non-hydrogen) atoms. The maximum Gasteiger partial charge on any atom is 0.316 e. The molecule has 0 aliphatic heterocycles. The average molecular weight is 370 g/mol. The van der Waals surface area contributed by atoms with Gasteiger partial charge in [0.05, 0.1) is 30.4 Å². The van der Waals surface area contributed by atoms with Crippen molar-refractivity contribution in [3.8, 4) is 11.5 Å². The van der Waals surface area contributed by atoms with Gasteiger partial charge in [0.2, 0.25) is 4.38 Å². The number of esters is 1. The molecular weight excluding hydrogens is 348 g/mol. The minimum absolute atomic E-state index is 0.117. The number of ketones is 1. The predicted octanol–water partition coefficient (Wildman–Crippen LogP) is 3.88. The molecule has 0 spiro atoms. The van der Waals surface area contributed by atoms with Crippen LogP contribution in [-0.2, 0) is 9.53 Å². The maximum absolute atomic E-state index is 12.4. The van der Waals surface area contributed by atoms with Crippen LogP contribution in [0.5, 0.6) is 11.5 Å². The number of Topliss-reactive ketones (excluding diaryl/α,β-unsaturated/α-hetero) is 1. The van der Waals surface area contributed by atoms with Gasteiger partial charge in [0, 0.05) is 0 Å². The first-order valence-electron chi connectivity index (χ1n) is 7.42. The van der Waals surface area contributed by atoms with Gasteiger partial charge in [0.25, 0.3) is 0 Å². The van der Waals surface area contributed by atoms with Gasteiger partial charge in [-0.2, -0.15) is 0 Å². The molecule has 0 N–H and O–H groups in total. The lowest BCUT2D eigenvalue weighted by molar-refractivity contribution is -0.143. The zero-order valence-corrected chi connectivity index (χ0v) is 16.1. The Morgan fingerprint density at radius 3 is 2.46 bits per heavy atom. The maximum atomic E-state index is 12.4. The molecule has 1 rings (SSSR count). The first-order chi connectivity index (χ1) is 11.2. The first-order valence-corrected chi connectivity index (χ1v) is 8.81. The number of hydrogen-bond acceptors (Lipinski definition) is 7. The van der Waals surface area contributed by atoms with Crippen molar-refractivity contribution in [1.82, 2.24) is 0 Å². The van der Waals surface area contributed by atoms with Crippen LogP contribution in [0.25, 0.3) is 0 Å². The Labute approximate surface area is 152 Å². The van der Waals surface area contributed by atoms with Crippen molar-refractivity contribution in [2.24, 2.45) is 5.41 Å². The van der Waals surface area contributed by atoms with Gasteiger partial charge in [0.1, 0.15) is 11.5 Å². The number of hydrogen-bond donors (Lipinski definition) is 0. The number of ether oxygens (including phenoxy) is 3. The van der Waals surface area contributed by atoms with Gasteiger partial charge < -0.3 is 14.2 Å². The van der Waals surface area contributed by atoms with E-state index < -0.39 is 5.41 Å². The van der Waals surface area contributed by atoms with Crippen LogP contribution in [0.4, 0.5) is 0 Å². The fourth-order valence-corrected chi connectivity index (χ4v) is 2.49. The lowest BCUT2D eigenvalue weighted by atomic mass is 9.97. The molecule has 0 aromatic heterocycles. The molecule has 0 atom stereocenters. The van der Waals surface area contributed by atoms with Crippen LogP contribution in [0, 0.1) is 5.41 Å². The van der Waals surface area contributed by atoms with Gasteiger partial charge in [-0.1, -0.05) is 11.8 Å². The van der Waals surface area contributed by atoms with Crippen LogP contribution >= 0.6 is 24.0 Å². The Hall–Kier alpha value is -1.60.